The molecular weight excluding hydrogens is 180 g/mol. The number of rotatable bonds is 2. The molecule has 0 atom stereocenters. The SMILES string of the molecule is Cc1cccc(N(C(=O)[O-])C(C)C)n1. The third-order valence-corrected chi connectivity index (χ3v) is 1.83. The lowest BCUT2D eigenvalue weighted by molar-refractivity contribution is -0.247. The topological polar surface area (TPSA) is 56.3 Å². The number of carbonyl (C=O) groups excluding carboxylic acids is 1. The van der Waals surface area contributed by atoms with Gasteiger partial charge in [-0.15, -0.1) is 0 Å². The zero-order valence-corrected chi connectivity index (χ0v) is 8.52. The quantitative estimate of drug-likeness (QED) is 0.702. The fraction of sp³-hybridized carbons (Fsp3) is 0.400. The summed E-state index contributed by atoms with van der Waals surface area (Å²) in [7, 11) is 0. The van der Waals surface area contributed by atoms with Crippen molar-refractivity contribution in [1.82, 2.24) is 4.98 Å². The van der Waals surface area contributed by atoms with E-state index in [1.807, 2.05) is 13.0 Å². The summed E-state index contributed by atoms with van der Waals surface area (Å²) in [5.41, 5.74) is 0.786. The zero-order valence-electron chi connectivity index (χ0n) is 8.52. The second kappa shape index (κ2) is 4.09. The first-order valence-corrected chi connectivity index (χ1v) is 4.46. The Kier molecular flexibility index (Phi) is 3.06. The van der Waals surface area contributed by atoms with Gasteiger partial charge in [-0.25, -0.2) is 4.98 Å². The van der Waals surface area contributed by atoms with Gasteiger partial charge in [0.2, 0.25) is 0 Å². The number of pyridine rings is 1. The first kappa shape index (κ1) is 10.5. The Morgan fingerprint density at radius 1 is 1.50 bits per heavy atom. The second-order valence-electron chi connectivity index (χ2n) is 3.37. The van der Waals surface area contributed by atoms with Crippen LogP contribution in [-0.2, 0) is 0 Å². The Hall–Kier alpha value is -1.58. The van der Waals surface area contributed by atoms with Gasteiger partial charge < -0.3 is 14.8 Å². The number of hydrogen-bond donors (Lipinski definition) is 0. The lowest BCUT2D eigenvalue weighted by atomic mass is 10.3. The van der Waals surface area contributed by atoms with Crippen molar-refractivity contribution in [3.05, 3.63) is 23.9 Å². The predicted octanol–water partition coefficient (Wildman–Crippen LogP) is 0.948. The molecule has 1 aromatic rings. The van der Waals surface area contributed by atoms with Crippen LogP contribution in [0.3, 0.4) is 0 Å². The Bertz CT molecular complexity index is 337. The van der Waals surface area contributed by atoms with Crippen LogP contribution in [0.4, 0.5) is 10.6 Å². The minimum absolute atomic E-state index is 0.172. The number of carbonyl (C=O) groups is 1. The van der Waals surface area contributed by atoms with Gasteiger partial charge in [0.15, 0.2) is 0 Å². The van der Waals surface area contributed by atoms with Crippen molar-refractivity contribution in [2.45, 2.75) is 26.8 Å². The van der Waals surface area contributed by atoms with E-state index in [9.17, 15) is 9.90 Å². The van der Waals surface area contributed by atoms with Crippen LogP contribution in [0.2, 0.25) is 0 Å². The molecule has 0 spiro atoms. The third kappa shape index (κ3) is 2.22. The molecule has 0 bridgehead atoms. The van der Waals surface area contributed by atoms with E-state index in [0.717, 1.165) is 10.6 Å². The molecule has 76 valence electrons. The van der Waals surface area contributed by atoms with E-state index in [2.05, 4.69) is 4.98 Å². The number of carboxylic acid groups (broad SMARTS) is 1. The molecule has 0 aliphatic heterocycles. The summed E-state index contributed by atoms with van der Waals surface area (Å²) in [6.45, 7) is 5.37. The largest absolute Gasteiger partial charge is 0.530 e. The summed E-state index contributed by atoms with van der Waals surface area (Å²) in [4.78, 5) is 16.1. The third-order valence-electron chi connectivity index (χ3n) is 1.83. The molecule has 0 aliphatic carbocycles. The maximum absolute atomic E-state index is 10.8. The maximum Gasteiger partial charge on any atom is 0.143 e. The van der Waals surface area contributed by atoms with Crippen LogP contribution in [0.25, 0.3) is 0 Å². The number of hydrogen-bond acceptors (Lipinski definition) is 3. The highest BCUT2D eigenvalue weighted by molar-refractivity contribution is 5.83. The minimum atomic E-state index is -1.22. The maximum atomic E-state index is 10.8. The fourth-order valence-corrected chi connectivity index (χ4v) is 1.23. The molecule has 0 N–H and O–H groups in total. The molecule has 0 fully saturated rings. The van der Waals surface area contributed by atoms with Crippen molar-refractivity contribution in [1.29, 1.82) is 0 Å². The molecule has 1 aromatic heterocycles. The molecule has 4 heteroatoms. The molecule has 0 aromatic carbocycles. The van der Waals surface area contributed by atoms with Gasteiger partial charge in [-0.05, 0) is 32.9 Å². The van der Waals surface area contributed by atoms with Crippen LogP contribution < -0.4 is 10.0 Å². The van der Waals surface area contributed by atoms with Gasteiger partial charge in [0.1, 0.15) is 11.9 Å². The summed E-state index contributed by atoms with van der Waals surface area (Å²) in [6, 6.07) is 5.07. The van der Waals surface area contributed by atoms with Crippen molar-refractivity contribution >= 4 is 11.9 Å². The average molecular weight is 193 g/mol. The number of amides is 1. The molecule has 0 aliphatic rings. The number of anilines is 1. The van der Waals surface area contributed by atoms with Crippen LogP contribution >= 0.6 is 0 Å². The Balaban J connectivity index is 3.05. The van der Waals surface area contributed by atoms with Crippen LogP contribution in [0.1, 0.15) is 19.5 Å². The van der Waals surface area contributed by atoms with E-state index in [1.165, 1.54) is 0 Å². The zero-order chi connectivity index (χ0) is 10.7. The normalized spacial score (nSPS) is 10.3. The highest BCUT2D eigenvalue weighted by Crippen LogP contribution is 2.13. The van der Waals surface area contributed by atoms with Crippen molar-refractivity contribution in [3.63, 3.8) is 0 Å². The molecular formula is C10H13N2O2-. The Morgan fingerprint density at radius 2 is 2.14 bits per heavy atom. The molecule has 0 radical (unpaired) electrons. The van der Waals surface area contributed by atoms with Gasteiger partial charge in [0, 0.05) is 11.7 Å². The monoisotopic (exact) mass is 193 g/mol. The van der Waals surface area contributed by atoms with Crippen molar-refractivity contribution in [3.8, 4) is 0 Å². The molecule has 1 rings (SSSR count). The molecule has 14 heavy (non-hydrogen) atoms. The van der Waals surface area contributed by atoms with Crippen molar-refractivity contribution in [2.75, 3.05) is 4.90 Å². The lowest BCUT2D eigenvalue weighted by Crippen LogP contribution is -2.45. The smallest absolute Gasteiger partial charge is 0.143 e. The van der Waals surface area contributed by atoms with Crippen LogP contribution in [-0.4, -0.2) is 17.1 Å². The predicted molar refractivity (Wildman–Crippen MR) is 52.0 cm³/mol. The van der Waals surface area contributed by atoms with Gasteiger partial charge in [-0.2, -0.15) is 0 Å². The standard InChI is InChI=1S/C10H14N2O2/c1-7(2)12(10(13)14)9-6-4-5-8(3)11-9/h4-7H,1-3H3,(H,13,14)/p-1. The summed E-state index contributed by atoms with van der Waals surface area (Å²) in [5, 5.41) is 10.8. The van der Waals surface area contributed by atoms with Crippen LogP contribution in [0.15, 0.2) is 18.2 Å². The summed E-state index contributed by atoms with van der Waals surface area (Å²) in [6.07, 6.45) is -1.22. The first-order chi connectivity index (χ1) is 6.52. The van der Waals surface area contributed by atoms with E-state index in [1.54, 1.807) is 26.0 Å². The molecule has 1 amide bonds. The lowest BCUT2D eigenvalue weighted by Gasteiger charge is -2.28. The minimum Gasteiger partial charge on any atom is -0.530 e. The second-order valence-corrected chi connectivity index (χ2v) is 3.37. The summed E-state index contributed by atoms with van der Waals surface area (Å²) >= 11 is 0. The van der Waals surface area contributed by atoms with Gasteiger partial charge in [0.25, 0.3) is 0 Å². The average Bonchev–Trinajstić information content (AvgIpc) is 2.02. The van der Waals surface area contributed by atoms with E-state index in [-0.39, 0.29) is 6.04 Å². The fourth-order valence-electron chi connectivity index (χ4n) is 1.23. The molecule has 0 unspecified atom stereocenters. The van der Waals surface area contributed by atoms with Crippen molar-refractivity contribution in [2.24, 2.45) is 0 Å². The van der Waals surface area contributed by atoms with E-state index >= 15 is 0 Å². The van der Waals surface area contributed by atoms with Crippen LogP contribution in [0.5, 0.6) is 0 Å². The van der Waals surface area contributed by atoms with Gasteiger partial charge in [-0.1, -0.05) is 6.07 Å². The molecule has 1 heterocycles. The van der Waals surface area contributed by atoms with Crippen molar-refractivity contribution < 1.29 is 9.90 Å². The number of nitrogens with zero attached hydrogens (tertiary/aromatic N) is 2. The van der Waals surface area contributed by atoms with Gasteiger partial charge in [-0.3, -0.25) is 0 Å². The Morgan fingerprint density at radius 3 is 2.57 bits per heavy atom. The first-order valence-electron chi connectivity index (χ1n) is 4.46. The highest BCUT2D eigenvalue weighted by atomic mass is 16.4. The molecule has 0 saturated carbocycles. The van der Waals surface area contributed by atoms with E-state index in [4.69, 9.17) is 0 Å². The molecule has 4 nitrogen and oxygen atoms in total. The van der Waals surface area contributed by atoms with Gasteiger partial charge in [0.05, 0.1) is 0 Å². The molecule has 0 saturated heterocycles. The van der Waals surface area contributed by atoms with Gasteiger partial charge >= 0.3 is 0 Å². The van der Waals surface area contributed by atoms with E-state index < -0.39 is 6.09 Å². The Labute approximate surface area is 83.2 Å². The van der Waals surface area contributed by atoms with Crippen LogP contribution in [0, 0.1) is 6.92 Å². The summed E-state index contributed by atoms with van der Waals surface area (Å²) < 4.78 is 0. The number of aryl methyl sites for hydroxylation is 1. The summed E-state index contributed by atoms with van der Waals surface area (Å²) in [5.74, 6) is 0.417. The number of aromatic nitrogens is 1. The highest BCUT2D eigenvalue weighted by Gasteiger charge is 2.12. The van der Waals surface area contributed by atoms with E-state index in [0.29, 0.717) is 5.82 Å².